The van der Waals surface area contributed by atoms with Gasteiger partial charge in [0, 0.05) is 34.3 Å². The minimum Gasteiger partial charge on any atom is -0.493 e. The lowest BCUT2D eigenvalue weighted by Gasteiger charge is -2.14. The van der Waals surface area contributed by atoms with Crippen LogP contribution in [-0.2, 0) is 4.79 Å². The molecule has 248 valence electrons. The lowest BCUT2D eigenvalue weighted by Crippen LogP contribution is -2.18. The van der Waals surface area contributed by atoms with Crippen LogP contribution in [0.15, 0.2) is 77.9 Å². The number of ether oxygens (including phenoxy) is 6. The van der Waals surface area contributed by atoms with E-state index in [1.807, 2.05) is 0 Å². The Labute approximate surface area is 280 Å². The van der Waals surface area contributed by atoms with Gasteiger partial charge in [-0.15, -0.1) is 0 Å². The van der Waals surface area contributed by atoms with Crippen molar-refractivity contribution in [2.45, 2.75) is 6.92 Å². The molecule has 14 heteroatoms. The Morgan fingerprint density at radius 2 is 1.25 bits per heavy atom. The molecule has 4 aromatic rings. The molecule has 0 unspecified atom stereocenters. The summed E-state index contributed by atoms with van der Waals surface area (Å²) < 4.78 is 31.7. The molecule has 0 bridgehead atoms. The maximum absolute atomic E-state index is 12.9. The number of anilines is 1. The van der Waals surface area contributed by atoms with Gasteiger partial charge in [-0.3, -0.25) is 14.4 Å². The van der Waals surface area contributed by atoms with Gasteiger partial charge in [-0.05, 0) is 72.8 Å². The van der Waals surface area contributed by atoms with Crippen LogP contribution >= 0.6 is 11.6 Å². The molecule has 2 N–H and O–H groups in total. The summed E-state index contributed by atoms with van der Waals surface area (Å²) in [6.07, 6.45) is 1.27. The second-order valence-electron chi connectivity index (χ2n) is 9.68. The first kappa shape index (κ1) is 34.8. The number of carbonyl (C=O) groups is 4. The number of hydrogen-bond donors (Lipinski definition) is 2. The Bertz CT molecular complexity index is 1850. The molecule has 0 aliphatic rings. The van der Waals surface area contributed by atoms with E-state index in [-0.39, 0.29) is 33.9 Å². The molecule has 13 nitrogen and oxygen atoms in total. The number of carbonyl (C=O) groups excluding carboxylic acids is 4. The van der Waals surface area contributed by atoms with E-state index in [9.17, 15) is 19.2 Å². The Morgan fingerprint density at radius 3 is 1.85 bits per heavy atom. The minimum absolute atomic E-state index is 0.109. The zero-order valence-electron chi connectivity index (χ0n) is 26.4. The number of nitrogens with zero attached hydrogens (tertiary/aromatic N) is 1. The highest BCUT2D eigenvalue weighted by atomic mass is 35.5. The molecular formula is C34H30ClN3O10. The third-order valence-electron chi connectivity index (χ3n) is 6.53. The van der Waals surface area contributed by atoms with Crippen LogP contribution in [0.3, 0.4) is 0 Å². The number of halogens is 1. The van der Waals surface area contributed by atoms with Crippen LogP contribution in [0.5, 0.6) is 34.5 Å². The molecule has 0 aromatic heterocycles. The van der Waals surface area contributed by atoms with Crippen LogP contribution in [0.2, 0.25) is 5.02 Å². The van der Waals surface area contributed by atoms with E-state index in [0.29, 0.717) is 33.5 Å². The van der Waals surface area contributed by atoms with Gasteiger partial charge in [0.15, 0.2) is 23.0 Å². The van der Waals surface area contributed by atoms with Crippen LogP contribution in [0.25, 0.3) is 0 Å². The molecule has 0 fully saturated rings. The Balaban J connectivity index is 1.41. The molecule has 0 heterocycles. The van der Waals surface area contributed by atoms with Crippen LogP contribution in [0.1, 0.15) is 43.6 Å². The van der Waals surface area contributed by atoms with Crippen molar-refractivity contribution in [3.05, 3.63) is 100 Å². The molecule has 0 saturated heterocycles. The second kappa shape index (κ2) is 16.0. The molecule has 0 atom stereocenters. The number of esters is 2. The summed E-state index contributed by atoms with van der Waals surface area (Å²) in [6.45, 7) is 1.24. The van der Waals surface area contributed by atoms with Gasteiger partial charge >= 0.3 is 11.9 Å². The molecule has 48 heavy (non-hydrogen) atoms. The van der Waals surface area contributed by atoms with Crippen molar-refractivity contribution in [1.29, 1.82) is 0 Å². The van der Waals surface area contributed by atoms with Crippen molar-refractivity contribution < 1.29 is 47.6 Å². The van der Waals surface area contributed by atoms with Gasteiger partial charge in [0.25, 0.3) is 11.8 Å². The Hall–Kier alpha value is -6.08. The standard InChI is InChI=1S/C34H30ClN3O10/c1-19(39)47-27-12-8-21(15-28(27)43-2)34(42)48-26-13-9-24(35)14-23(26)18-36-38-33(41)20-6-10-25(11-7-20)37-32(40)22-16-29(44-3)31(46-5)30(17-22)45-4/h6-18H,1-5H3,(H,37,40)(H,38,41)/b36-18+. The van der Waals surface area contributed by atoms with Crippen molar-refractivity contribution in [3.8, 4) is 34.5 Å². The summed E-state index contributed by atoms with van der Waals surface area (Å²) in [6, 6.07) is 17.8. The van der Waals surface area contributed by atoms with Crippen molar-refractivity contribution in [1.82, 2.24) is 5.43 Å². The van der Waals surface area contributed by atoms with Gasteiger partial charge < -0.3 is 33.7 Å². The topological polar surface area (TPSA) is 160 Å². The summed E-state index contributed by atoms with van der Waals surface area (Å²) in [5.74, 6) is -0.847. The molecule has 0 saturated carbocycles. The number of hydrazone groups is 1. The normalized spacial score (nSPS) is 10.5. The molecular weight excluding hydrogens is 646 g/mol. The highest BCUT2D eigenvalue weighted by molar-refractivity contribution is 6.31. The maximum atomic E-state index is 12.9. The number of benzene rings is 4. The zero-order valence-corrected chi connectivity index (χ0v) is 27.2. The van der Waals surface area contributed by atoms with E-state index in [4.69, 9.17) is 40.0 Å². The van der Waals surface area contributed by atoms with Gasteiger partial charge in [0.05, 0.1) is 40.2 Å². The van der Waals surface area contributed by atoms with E-state index in [1.54, 1.807) is 12.1 Å². The second-order valence-corrected chi connectivity index (χ2v) is 10.1. The van der Waals surface area contributed by atoms with Gasteiger partial charge in [0.2, 0.25) is 5.75 Å². The fourth-order valence-corrected chi connectivity index (χ4v) is 4.43. The van der Waals surface area contributed by atoms with Gasteiger partial charge in [0.1, 0.15) is 5.75 Å². The molecule has 0 aliphatic carbocycles. The van der Waals surface area contributed by atoms with Crippen LogP contribution in [-0.4, -0.2) is 58.4 Å². The fraction of sp³-hybridized carbons (Fsp3) is 0.147. The van der Waals surface area contributed by atoms with Crippen molar-refractivity contribution >= 4 is 47.3 Å². The quantitative estimate of drug-likeness (QED) is 0.0845. The number of amides is 2. The highest BCUT2D eigenvalue weighted by Crippen LogP contribution is 2.38. The Kier molecular flexibility index (Phi) is 11.6. The molecule has 4 aromatic carbocycles. The van der Waals surface area contributed by atoms with Crippen LogP contribution in [0, 0.1) is 0 Å². The van der Waals surface area contributed by atoms with E-state index in [0.717, 1.165) is 0 Å². The number of rotatable bonds is 12. The molecule has 0 radical (unpaired) electrons. The summed E-state index contributed by atoms with van der Waals surface area (Å²) >= 11 is 6.14. The molecule has 4 rings (SSSR count). The van der Waals surface area contributed by atoms with E-state index in [1.165, 1.54) is 102 Å². The van der Waals surface area contributed by atoms with Crippen molar-refractivity contribution in [2.24, 2.45) is 5.10 Å². The average Bonchev–Trinajstić information content (AvgIpc) is 3.08. The predicted octanol–water partition coefficient (Wildman–Crippen LogP) is 5.54. The summed E-state index contributed by atoms with van der Waals surface area (Å²) in [5, 5.41) is 7.06. The summed E-state index contributed by atoms with van der Waals surface area (Å²) in [5.41, 5.74) is 3.77. The lowest BCUT2D eigenvalue weighted by atomic mass is 10.1. The lowest BCUT2D eigenvalue weighted by molar-refractivity contribution is -0.132. The van der Waals surface area contributed by atoms with Gasteiger partial charge in [-0.25, -0.2) is 10.2 Å². The molecule has 0 spiro atoms. The average molecular weight is 676 g/mol. The fourth-order valence-electron chi connectivity index (χ4n) is 4.25. The first-order chi connectivity index (χ1) is 23.1. The molecule has 0 aliphatic heterocycles. The largest absolute Gasteiger partial charge is 0.493 e. The SMILES string of the molecule is COc1cc(C(=O)Oc2ccc(Cl)cc2/C=N/NC(=O)c2ccc(NC(=O)c3cc(OC)c(OC)c(OC)c3)cc2)ccc1OC(C)=O. The first-order valence-corrected chi connectivity index (χ1v) is 14.4. The summed E-state index contributed by atoms with van der Waals surface area (Å²) in [4.78, 5) is 49.9. The molecule has 2 amide bonds. The summed E-state index contributed by atoms with van der Waals surface area (Å²) in [7, 11) is 5.73. The number of hydrogen-bond acceptors (Lipinski definition) is 11. The predicted molar refractivity (Wildman–Crippen MR) is 176 cm³/mol. The van der Waals surface area contributed by atoms with E-state index < -0.39 is 23.8 Å². The third kappa shape index (κ3) is 8.59. The first-order valence-electron chi connectivity index (χ1n) is 14.0. The number of nitrogens with one attached hydrogen (secondary N) is 2. The zero-order chi connectivity index (χ0) is 34.8. The monoisotopic (exact) mass is 675 g/mol. The van der Waals surface area contributed by atoms with Gasteiger partial charge in [-0.2, -0.15) is 5.10 Å². The van der Waals surface area contributed by atoms with Crippen LogP contribution in [0.4, 0.5) is 5.69 Å². The van der Waals surface area contributed by atoms with E-state index in [2.05, 4.69) is 15.8 Å². The Morgan fingerprint density at radius 1 is 0.646 bits per heavy atom. The maximum Gasteiger partial charge on any atom is 0.343 e. The number of methoxy groups -OCH3 is 4. The van der Waals surface area contributed by atoms with E-state index >= 15 is 0 Å². The highest BCUT2D eigenvalue weighted by Gasteiger charge is 2.18. The van der Waals surface area contributed by atoms with Gasteiger partial charge in [-0.1, -0.05) is 11.6 Å². The van der Waals surface area contributed by atoms with Crippen molar-refractivity contribution in [3.63, 3.8) is 0 Å². The minimum atomic E-state index is -0.735. The van der Waals surface area contributed by atoms with Crippen molar-refractivity contribution in [2.75, 3.05) is 33.8 Å². The van der Waals surface area contributed by atoms with Crippen LogP contribution < -0.4 is 39.2 Å². The smallest absolute Gasteiger partial charge is 0.343 e. The third-order valence-corrected chi connectivity index (χ3v) is 6.76.